The Hall–Kier alpha value is -1.43. The molecule has 1 heterocycles. The van der Waals surface area contributed by atoms with Gasteiger partial charge in [-0.2, -0.15) is 4.98 Å². The van der Waals surface area contributed by atoms with Crippen molar-refractivity contribution in [2.75, 3.05) is 12.4 Å². The fraction of sp³-hybridized carbons (Fsp3) is 0.545. The van der Waals surface area contributed by atoms with Crippen molar-refractivity contribution in [2.24, 2.45) is 5.73 Å². The molecular weight excluding hydrogens is 236 g/mol. The molecule has 1 rings (SSSR count). The third-order valence-electron chi connectivity index (χ3n) is 2.69. The van der Waals surface area contributed by atoms with Crippen LogP contribution in [0.15, 0.2) is 6.20 Å². The highest BCUT2D eigenvalue weighted by molar-refractivity contribution is 7.80. The first-order valence-corrected chi connectivity index (χ1v) is 5.79. The molecule has 0 bridgehead atoms. The Morgan fingerprint density at radius 2 is 2.24 bits per heavy atom. The smallest absolute Gasteiger partial charge is 0.240 e. The Kier molecular flexibility index (Phi) is 4.22. The lowest BCUT2D eigenvalue weighted by atomic mass is 9.89. The number of rotatable bonds is 4. The molecule has 1 aromatic heterocycles. The van der Waals surface area contributed by atoms with E-state index in [4.69, 9.17) is 22.7 Å². The van der Waals surface area contributed by atoms with Crippen molar-refractivity contribution in [1.82, 2.24) is 9.97 Å². The molecule has 6 heteroatoms. The molecular formula is C11H18N4OS. The van der Waals surface area contributed by atoms with Crippen LogP contribution in [0.1, 0.15) is 33.0 Å². The van der Waals surface area contributed by atoms with Gasteiger partial charge in [-0.15, -0.1) is 0 Å². The Morgan fingerprint density at radius 3 is 2.71 bits per heavy atom. The highest BCUT2D eigenvalue weighted by atomic mass is 32.1. The summed E-state index contributed by atoms with van der Waals surface area (Å²) in [6.45, 7) is 6.27. The lowest BCUT2D eigenvalue weighted by molar-refractivity contribution is 0.386. The lowest BCUT2D eigenvalue weighted by Gasteiger charge is -2.21. The standard InChI is InChI=1S/C11H18N4OS/c1-5-11(2,3)9-13-6-7(14-10(12)17)8(15-9)16-4/h6H,5H2,1-4H3,(H3,12,14,17). The van der Waals surface area contributed by atoms with Crippen molar-refractivity contribution >= 4 is 23.0 Å². The molecule has 0 spiro atoms. The van der Waals surface area contributed by atoms with E-state index in [0.29, 0.717) is 11.6 Å². The van der Waals surface area contributed by atoms with Gasteiger partial charge in [0.15, 0.2) is 5.11 Å². The summed E-state index contributed by atoms with van der Waals surface area (Å²) in [6.07, 6.45) is 2.58. The van der Waals surface area contributed by atoms with Crippen molar-refractivity contribution in [3.05, 3.63) is 12.0 Å². The Bertz CT molecular complexity index is 420. The van der Waals surface area contributed by atoms with Crippen molar-refractivity contribution < 1.29 is 4.74 Å². The largest absolute Gasteiger partial charge is 0.479 e. The molecule has 0 fully saturated rings. The Labute approximate surface area is 107 Å². The molecule has 0 saturated carbocycles. The molecule has 0 amide bonds. The first-order chi connectivity index (χ1) is 7.90. The Morgan fingerprint density at radius 1 is 1.59 bits per heavy atom. The van der Waals surface area contributed by atoms with Gasteiger partial charge < -0.3 is 15.8 Å². The molecule has 0 atom stereocenters. The van der Waals surface area contributed by atoms with Gasteiger partial charge in [-0.1, -0.05) is 20.8 Å². The second kappa shape index (κ2) is 5.27. The number of hydrogen-bond acceptors (Lipinski definition) is 4. The normalized spacial score (nSPS) is 11.1. The highest BCUT2D eigenvalue weighted by Crippen LogP contribution is 2.28. The molecule has 3 N–H and O–H groups in total. The molecule has 0 aliphatic carbocycles. The van der Waals surface area contributed by atoms with E-state index in [1.165, 1.54) is 0 Å². The zero-order valence-electron chi connectivity index (χ0n) is 10.6. The third kappa shape index (κ3) is 3.26. The number of ether oxygens (including phenoxy) is 1. The van der Waals surface area contributed by atoms with Crippen LogP contribution in [-0.4, -0.2) is 22.2 Å². The van der Waals surface area contributed by atoms with Crippen LogP contribution in [-0.2, 0) is 5.41 Å². The summed E-state index contributed by atoms with van der Waals surface area (Å²) < 4.78 is 5.20. The van der Waals surface area contributed by atoms with Gasteiger partial charge in [-0.3, -0.25) is 0 Å². The maximum Gasteiger partial charge on any atom is 0.240 e. The predicted octanol–water partition coefficient (Wildman–Crippen LogP) is 1.83. The van der Waals surface area contributed by atoms with Crippen LogP contribution in [0.3, 0.4) is 0 Å². The van der Waals surface area contributed by atoms with Crippen molar-refractivity contribution in [3.8, 4) is 5.88 Å². The maximum atomic E-state index is 5.41. The predicted molar refractivity (Wildman–Crippen MR) is 72.3 cm³/mol. The molecule has 0 saturated heterocycles. The van der Waals surface area contributed by atoms with Gasteiger partial charge in [0.05, 0.1) is 13.3 Å². The number of methoxy groups -OCH3 is 1. The van der Waals surface area contributed by atoms with Gasteiger partial charge >= 0.3 is 0 Å². The fourth-order valence-corrected chi connectivity index (χ4v) is 1.33. The molecule has 5 nitrogen and oxygen atoms in total. The highest BCUT2D eigenvalue weighted by Gasteiger charge is 2.23. The molecule has 0 aromatic carbocycles. The number of nitrogens with zero attached hydrogens (tertiary/aromatic N) is 2. The van der Waals surface area contributed by atoms with Gasteiger partial charge in [0.25, 0.3) is 0 Å². The number of aromatic nitrogens is 2. The summed E-state index contributed by atoms with van der Waals surface area (Å²) >= 11 is 4.77. The van der Waals surface area contributed by atoms with Gasteiger partial charge in [0.2, 0.25) is 5.88 Å². The van der Waals surface area contributed by atoms with Crippen LogP contribution in [0.25, 0.3) is 0 Å². The molecule has 1 aromatic rings. The fourth-order valence-electron chi connectivity index (χ4n) is 1.22. The maximum absolute atomic E-state index is 5.41. The number of nitrogens with two attached hydrogens (primary N) is 1. The van der Waals surface area contributed by atoms with Crippen molar-refractivity contribution in [2.45, 2.75) is 32.6 Å². The molecule has 0 aliphatic rings. The molecule has 0 radical (unpaired) electrons. The summed E-state index contributed by atoms with van der Waals surface area (Å²) in [7, 11) is 1.55. The number of nitrogens with one attached hydrogen (secondary N) is 1. The van der Waals surface area contributed by atoms with E-state index in [2.05, 4.69) is 36.1 Å². The van der Waals surface area contributed by atoms with E-state index in [9.17, 15) is 0 Å². The first-order valence-electron chi connectivity index (χ1n) is 5.38. The van der Waals surface area contributed by atoms with E-state index in [-0.39, 0.29) is 10.5 Å². The number of hydrogen-bond donors (Lipinski definition) is 2. The third-order valence-corrected chi connectivity index (χ3v) is 2.80. The zero-order valence-corrected chi connectivity index (χ0v) is 11.4. The summed E-state index contributed by atoms with van der Waals surface area (Å²) in [5, 5.41) is 2.94. The number of anilines is 1. The van der Waals surface area contributed by atoms with Crippen LogP contribution in [0, 0.1) is 0 Å². The summed E-state index contributed by atoms with van der Waals surface area (Å²) in [5.74, 6) is 1.19. The first kappa shape index (κ1) is 13.6. The van der Waals surface area contributed by atoms with Crippen molar-refractivity contribution in [1.29, 1.82) is 0 Å². The van der Waals surface area contributed by atoms with E-state index < -0.39 is 0 Å². The minimum atomic E-state index is -0.0883. The minimum Gasteiger partial charge on any atom is -0.479 e. The van der Waals surface area contributed by atoms with E-state index >= 15 is 0 Å². The second-order valence-electron chi connectivity index (χ2n) is 4.34. The number of thiocarbonyl (C=S) groups is 1. The second-order valence-corrected chi connectivity index (χ2v) is 4.78. The quantitative estimate of drug-likeness (QED) is 0.799. The average Bonchev–Trinajstić information content (AvgIpc) is 2.28. The summed E-state index contributed by atoms with van der Waals surface area (Å²) in [5.41, 5.74) is 5.90. The molecule has 0 aliphatic heterocycles. The van der Waals surface area contributed by atoms with Crippen LogP contribution < -0.4 is 15.8 Å². The van der Waals surface area contributed by atoms with Gasteiger partial charge in [-0.05, 0) is 18.6 Å². The van der Waals surface area contributed by atoms with Crippen LogP contribution in [0.2, 0.25) is 0 Å². The molecule has 17 heavy (non-hydrogen) atoms. The van der Waals surface area contributed by atoms with E-state index in [1.54, 1.807) is 13.3 Å². The van der Waals surface area contributed by atoms with Gasteiger partial charge in [0, 0.05) is 5.41 Å². The van der Waals surface area contributed by atoms with Gasteiger partial charge in [0.1, 0.15) is 11.5 Å². The van der Waals surface area contributed by atoms with Crippen LogP contribution in [0.4, 0.5) is 5.69 Å². The van der Waals surface area contributed by atoms with Crippen LogP contribution >= 0.6 is 12.2 Å². The van der Waals surface area contributed by atoms with E-state index in [0.717, 1.165) is 12.2 Å². The lowest BCUT2D eigenvalue weighted by Crippen LogP contribution is -2.23. The minimum absolute atomic E-state index is 0.0883. The summed E-state index contributed by atoms with van der Waals surface area (Å²) in [6, 6.07) is 0. The van der Waals surface area contributed by atoms with Crippen molar-refractivity contribution in [3.63, 3.8) is 0 Å². The Balaban J connectivity index is 3.12. The zero-order chi connectivity index (χ0) is 13.1. The SMILES string of the molecule is CCC(C)(C)c1ncc(NC(N)=S)c(OC)n1. The topological polar surface area (TPSA) is 73.1 Å². The summed E-state index contributed by atoms with van der Waals surface area (Å²) in [4.78, 5) is 8.69. The van der Waals surface area contributed by atoms with E-state index in [1.807, 2.05) is 0 Å². The van der Waals surface area contributed by atoms with Crippen LogP contribution in [0.5, 0.6) is 5.88 Å². The average molecular weight is 254 g/mol. The molecule has 94 valence electrons. The molecule has 0 unspecified atom stereocenters. The van der Waals surface area contributed by atoms with Gasteiger partial charge in [-0.25, -0.2) is 4.98 Å². The monoisotopic (exact) mass is 254 g/mol.